The molecule has 0 aromatic heterocycles. The zero-order valence-corrected chi connectivity index (χ0v) is 14.9. The highest BCUT2D eigenvalue weighted by Gasteiger charge is 2.20. The first-order valence-corrected chi connectivity index (χ1v) is 8.07. The van der Waals surface area contributed by atoms with E-state index in [0.29, 0.717) is 10.2 Å². The third kappa shape index (κ3) is 4.81. The van der Waals surface area contributed by atoms with Crippen molar-refractivity contribution in [3.63, 3.8) is 0 Å². The fraction of sp³-hybridized carbons (Fsp3) is 0.176. The maximum Gasteiger partial charge on any atom is 0.340 e. The van der Waals surface area contributed by atoms with Gasteiger partial charge >= 0.3 is 5.97 Å². The number of halogens is 2. The summed E-state index contributed by atoms with van der Waals surface area (Å²) in [6.45, 7) is 3.46. The number of aryl methyl sites for hydroxylation is 1. The van der Waals surface area contributed by atoms with Crippen LogP contribution in [0.4, 0.5) is 5.69 Å². The van der Waals surface area contributed by atoms with Crippen molar-refractivity contribution in [1.29, 1.82) is 0 Å². The van der Waals surface area contributed by atoms with Gasteiger partial charge in [-0.05, 0) is 44.2 Å². The Kier molecular flexibility index (Phi) is 5.80. The van der Waals surface area contributed by atoms with Crippen LogP contribution in [-0.4, -0.2) is 18.0 Å². The molecule has 0 heterocycles. The molecule has 6 heteroatoms. The monoisotopic (exact) mass is 395 g/mol. The van der Waals surface area contributed by atoms with E-state index in [4.69, 9.17) is 16.3 Å². The van der Waals surface area contributed by atoms with E-state index in [9.17, 15) is 9.59 Å². The summed E-state index contributed by atoms with van der Waals surface area (Å²) in [7, 11) is 0. The summed E-state index contributed by atoms with van der Waals surface area (Å²) in [6, 6.07) is 12.2. The third-order valence-electron chi connectivity index (χ3n) is 3.12. The van der Waals surface area contributed by atoms with E-state index in [-0.39, 0.29) is 10.6 Å². The Labute approximate surface area is 147 Å². The number of carbonyl (C=O) groups is 2. The summed E-state index contributed by atoms with van der Waals surface area (Å²) in [6.07, 6.45) is -0.946. The number of rotatable bonds is 4. The molecular formula is C17H15BrClNO3. The van der Waals surface area contributed by atoms with Crippen molar-refractivity contribution >= 4 is 45.1 Å². The first kappa shape index (κ1) is 17.5. The number of amides is 1. The Hall–Kier alpha value is -1.85. The minimum atomic E-state index is -0.946. The topological polar surface area (TPSA) is 55.4 Å². The first-order valence-electron chi connectivity index (χ1n) is 6.90. The van der Waals surface area contributed by atoms with Crippen LogP contribution in [0.1, 0.15) is 22.8 Å². The number of esters is 1. The van der Waals surface area contributed by atoms with Crippen LogP contribution in [0.15, 0.2) is 46.9 Å². The Morgan fingerprint density at radius 1 is 1.17 bits per heavy atom. The molecule has 0 spiro atoms. The lowest BCUT2D eigenvalue weighted by Crippen LogP contribution is -2.30. The van der Waals surface area contributed by atoms with E-state index >= 15 is 0 Å². The molecule has 1 N–H and O–H groups in total. The van der Waals surface area contributed by atoms with Crippen LogP contribution in [0.3, 0.4) is 0 Å². The smallest absolute Gasteiger partial charge is 0.340 e. The first-order chi connectivity index (χ1) is 10.9. The highest BCUT2D eigenvalue weighted by Crippen LogP contribution is 2.22. The molecule has 120 valence electrons. The highest BCUT2D eigenvalue weighted by atomic mass is 79.9. The Bertz CT molecular complexity index is 731. The van der Waals surface area contributed by atoms with Crippen LogP contribution in [0, 0.1) is 6.92 Å². The summed E-state index contributed by atoms with van der Waals surface area (Å²) >= 11 is 9.24. The molecule has 0 saturated heterocycles. The second-order valence-electron chi connectivity index (χ2n) is 5.03. The second kappa shape index (κ2) is 7.62. The molecule has 0 saturated carbocycles. The summed E-state index contributed by atoms with van der Waals surface area (Å²) in [5.41, 5.74) is 1.94. The Balaban J connectivity index is 2.01. The number of hydrogen-bond acceptors (Lipinski definition) is 3. The van der Waals surface area contributed by atoms with Crippen molar-refractivity contribution in [2.45, 2.75) is 20.0 Å². The van der Waals surface area contributed by atoms with E-state index in [1.807, 2.05) is 19.1 Å². The molecule has 0 aliphatic heterocycles. The molecule has 0 fully saturated rings. The maximum atomic E-state index is 12.1. The zero-order valence-electron chi connectivity index (χ0n) is 12.6. The zero-order chi connectivity index (χ0) is 17.0. The Morgan fingerprint density at radius 2 is 1.83 bits per heavy atom. The van der Waals surface area contributed by atoms with E-state index in [0.717, 1.165) is 5.56 Å². The normalized spacial score (nSPS) is 11.7. The van der Waals surface area contributed by atoms with Crippen molar-refractivity contribution in [3.05, 3.63) is 63.1 Å². The lowest BCUT2D eigenvalue weighted by atomic mass is 10.2. The van der Waals surface area contributed by atoms with Crippen LogP contribution in [-0.2, 0) is 9.53 Å². The van der Waals surface area contributed by atoms with Gasteiger partial charge in [0.05, 0.1) is 10.6 Å². The summed E-state index contributed by atoms with van der Waals surface area (Å²) in [4.78, 5) is 24.2. The molecule has 2 aromatic rings. The number of nitrogens with one attached hydrogen (secondary N) is 1. The predicted octanol–water partition coefficient (Wildman–Crippen LogP) is 4.59. The van der Waals surface area contributed by atoms with E-state index in [2.05, 4.69) is 21.2 Å². The molecule has 0 radical (unpaired) electrons. The second-order valence-corrected chi connectivity index (χ2v) is 6.35. The Morgan fingerprint density at radius 3 is 2.48 bits per heavy atom. The fourth-order valence-corrected chi connectivity index (χ4v) is 2.37. The molecule has 0 aliphatic rings. The van der Waals surface area contributed by atoms with E-state index in [1.165, 1.54) is 6.92 Å². The van der Waals surface area contributed by atoms with Crippen molar-refractivity contribution < 1.29 is 14.3 Å². The molecule has 1 atom stereocenters. The molecule has 1 unspecified atom stereocenters. The van der Waals surface area contributed by atoms with Crippen molar-refractivity contribution in [1.82, 2.24) is 0 Å². The quantitative estimate of drug-likeness (QED) is 0.769. The van der Waals surface area contributed by atoms with Crippen LogP contribution in [0.5, 0.6) is 0 Å². The van der Waals surface area contributed by atoms with Crippen molar-refractivity contribution in [2.24, 2.45) is 0 Å². The van der Waals surface area contributed by atoms with Gasteiger partial charge in [-0.3, -0.25) is 4.79 Å². The average molecular weight is 397 g/mol. The van der Waals surface area contributed by atoms with Gasteiger partial charge in [-0.2, -0.15) is 0 Å². The summed E-state index contributed by atoms with van der Waals surface area (Å²) < 4.78 is 5.87. The minimum Gasteiger partial charge on any atom is -0.449 e. The van der Waals surface area contributed by atoms with Crippen LogP contribution < -0.4 is 5.32 Å². The predicted molar refractivity (Wildman–Crippen MR) is 93.8 cm³/mol. The van der Waals surface area contributed by atoms with Gasteiger partial charge in [0.1, 0.15) is 0 Å². The minimum absolute atomic E-state index is 0.205. The standard InChI is InChI=1S/C17H15BrClNO3/c1-10-3-6-13(7-4-10)20-16(21)11(2)23-17(22)14-9-12(18)5-8-15(14)19/h3-9,11H,1-2H3,(H,20,21). The lowest BCUT2D eigenvalue weighted by Gasteiger charge is -2.14. The summed E-state index contributed by atoms with van der Waals surface area (Å²) in [5.74, 6) is -1.06. The molecule has 0 bridgehead atoms. The van der Waals surface area contributed by atoms with Gasteiger partial charge in [-0.1, -0.05) is 45.2 Å². The van der Waals surface area contributed by atoms with Gasteiger partial charge in [-0.15, -0.1) is 0 Å². The molecule has 0 aliphatic carbocycles. The van der Waals surface area contributed by atoms with E-state index < -0.39 is 18.0 Å². The molecule has 2 aromatic carbocycles. The van der Waals surface area contributed by atoms with Gasteiger partial charge < -0.3 is 10.1 Å². The maximum absolute atomic E-state index is 12.1. The third-order valence-corrected chi connectivity index (χ3v) is 3.94. The van der Waals surface area contributed by atoms with Gasteiger partial charge in [-0.25, -0.2) is 4.79 Å². The SMILES string of the molecule is Cc1ccc(NC(=O)C(C)OC(=O)c2cc(Br)ccc2Cl)cc1. The summed E-state index contributed by atoms with van der Waals surface area (Å²) in [5, 5.41) is 2.96. The number of carbonyl (C=O) groups excluding carboxylic acids is 2. The van der Waals surface area contributed by atoms with Crippen LogP contribution in [0.25, 0.3) is 0 Å². The molecule has 2 rings (SSSR count). The average Bonchev–Trinajstić information content (AvgIpc) is 2.51. The van der Waals surface area contributed by atoms with Gasteiger partial charge in [0.2, 0.25) is 0 Å². The fourth-order valence-electron chi connectivity index (χ4n) is 1.81. The number of anilines is 1. The highest BCUT2D eigenvalue weighted by molar-refractivity contribution is 9.10. The van der Waals surface area contributed by atoms with Crippen LogP contribution >= 0.6 is 27.5 Å². The van der Waals surface area contributed by atoms with Crippen molar-refractivity contribution in [3.8, 4) is 0 Å². The van der Waals surface area contributed by atoms with Gasteiger partial charge in [0, 0.05) is 10.2 Å². The molecule has 4 nitrogen and oxygen atoms in total. The molecule has 1 amide bonds. The number of benzene rings is 2. The van der Waals surface area contributed by atoms with Gasteiger partial charge in [0.15, 0.2) is 6.10 Å². The van der Waals surface area contributed by atoms with Crippen molar-refractivity contribution in [2.75, 3.05) is 5.32 Å². The lowest BCUT2D eigenvalue weighted by molar-refractivity contribution is -0.123. The number of hydrogen-bond donors (Lipinski definition) is 1. The molecule has 23 heavy (non-hydrogen) atoms. The largest absolute Gasteiger partial charge is 0.449 e. The van der Waals surface area contributed by atoms with Gasteiger partial charge in [0.25, 0.3) is 5.91 Å². The van der Waals surface area contributed by atoms with Crippen LogP contribution in [0.2, 0.25) is 5.02 Å². The number of ether oxygens (including phenoxy) is 1. The van der Waals surface area contributed by atoms with E-state index in [1.54, 1.807) is 30.3 Å². The molecular weight excluding hydrogens is 382 g/mol.